The Morgan fingerprint density at radius 2 is 1.89 bits per heavy atom. The Hall–Kier alpha value is -3.08. The van der Waals surface area contributed by atoms with Crippen LogP contribution in [0.3, 0.4) is 0 Å². The Labute approximate surface area is 164 Å². The van der Waals surface area contributed by atoms with Crippen LogP contribution in [0.2, 0.25) is 0 Å². The first kappa shape index (κ1) is 18.3. The molecule has 0 fully saturated rings. The van der Waals surface area contributed by atoms with Gasteiger partial charge in [-0.05, 0) is 42.5 Å². The van der Waals surface area contributed by atoms with Gasteiger partial charge < -0.3 is 9.84 Å². The van der Waals surface area contributed by atoms with Crippen molar-refractivity contribution in [2.45, 2.75) is 38.8 Å². The quantitative estimate of drug-likeness (QED) is 0.796. The summed E-state index contributed by atoms with van der Waals surface area (Å²) in [6, 6.07) is 12.5. The summed E-state index contributed by atoms with van der Waals surface area (Å²) in [5.41, 5.74) is 4.47. The van der Waals surface area contributed by atoms with Gasteiger partial charge in [0, 0.05) is 11.8 Å². The van der Waals surface area contributed by atoms with Crippen molar-refractivity contribution in [3.8, 4) is 0 Å². The summed E-state index contributed by atoms with van der Waals surface area (Å²) < 4.78 is 5.55. The summed E-state index contributed by atoms with van der Waals surface area (Å²) in [6.45, 7) is 4.01. The lowest BCUT2D eigenvalue weighted by atomic mass is 9.77. The highest BCUT2D eigenvalue weighted by atomic mass is 16.6. The monoisotopic (exact) mass is 377 g/mol. The van der Waals surface area contributed by atoms with Crippen molar-refractivity contribution in [2.75, 3.05) is 4.90 Å². The molecule has 0 spiro atoms. The first-order chi connectivity index (χ1) is 13.5. The smallest absolute Gasteiger partial charge is 0.415 e. The topological polar surface area (TPSA) is 66.8 Å². The van der Waals surface area contributed by atoms with Crippen LogP contribution in [0, 0.1) is 19.8 Å². The standard InChI is InChI=1S/C23H23NO4/c1-14-11-12-19-17-9-6-10-18(17)21(22(25)26)24(20(19)15(14)2)23(27)28-13-16-7-4-3-5-8-16/h3-9,11-12,17-18,21H,10,13H2,1-2H3,(H,25,26)/t17-,18+,21-/m1/s1. The Bertz CT molecular complexity index is 951. The van der Waals surface area contributed by atoms with Gasteiger partial charge in [-0.15, -0.1) is 0 Å². The number of hydrogen-bond acceptors (Lipinski definition) is 3. The number of amides is 1. The fourth-order valence-corrected chi connectivity index (χ4v) is 4.36. The number of carbonyl (C=O) groups is 2. The molecule has 1 amide bonds. The molecule has 0 aromatic heterocycles. The summed E-state index contributed by atoms with van der Waals surface area (Å²) in [7, 11) is 0. The molecule has 4 rings (SSSR count). The van der Waals surface area contributed by atoms with Crippen LogP contribution < -0.4 is 4.90 Å². The zero-order chi connectivity index (χ0) is 19.8. The summed E-state index contributed by atoms with van der Waals surface area (Å²) in [6.07, 6.45) is 4.11. The molecule has 2 aliphatic rings. The van der Waals surface area contributed by atoms with Crippen molar-refractivity contribution >= 4 is 17.7 Å². The van der Waals surface area contributed by atoms with E-state index in [4.69, 9.17) is 4.74 Å². The summed E-state index contributed by atoms with van der Waals surface area (Å²) in [5.74, 6) is -1.17. The minimum atomic E-state index is -0.998. The van der Waals surface area contributed by atoms with Gasteiger partial charge in [-0.1, -0.05) is 54.6 Å². The number of nitrogens with zero attached hydrogens (tertiary/aromatic N) is 1. The summed E-state index contributed by atoms with van der Waals surface area (Å²) in [5, 5.41) is 10.00. The minimum Gasteiger partial charge on any atom is -0.480 e. The molecule has 28 heavy (non-hydrogen) atoms. The van der Waals surface area contributed by atoms with E-state index in [0.717, 1.165) is 22.3 Å². The number of fused-ring (bicyclic) bond motifs is 3. The molecule has 1 aliphatic heterocycles. The van der Waals surface area contributed by atoms with E-state index in [1.165, 1.54) is 4.90 Å². The molecule has 0 saturated heterocycles. The van der Waals surface area contributed by atoms with Crippen LogP contribution in [0.15, 0.2) is 54.6 Å². The third-order valence-corrected chi connectivity index (χ3v) is 5.88. The molecule has 0 radical (unpaired) electrons. The number of allylic oxidation sites excluding steroid dienone is 2. The number of carboxylic acids is 1. The van der Waals surface area contributed by atoms with Crippen molar-refractivity contribution in [1.29, 1.82) is 0 Å². The maximum atomic E-state index is 13.1. The SMILES string of the molecule is Cc1ccc2c(c1C)N(C(=O)OCc1ccccc1)[C@@H](C(=O)O)[C@H]1CC=C[C@@H]21. The molecule has 2 aromatic carbocycles. The normalized spacial score (nSPS) is 22.5. The largest absolute Gasteiger partial charge is 0.480 e. The second kappa shape index (κ2) is 7.15. The average molecular weight is 377 g/mol. The lowest BCUT2D eigenvalue weighted by molar-refractivity contribution is -0.140. The number of aliphatic carboxylic acids is 1. The van der Waals surface area contributed by atoms with E-state index in [0.29, 0.717) is 12.1 Å². The van der Waals surface area contributed by atoms with E-state index in [9.17, 15) is 14.7 Å². The van der Waals surface area contributed by atoms with Crippen LogP contribution in [-0.2, 0) is 16.1 Å². The molecule has 5 nitrogen and oxygen atoms in total. The highest BCUT2D eigenvalue weighted by Gasteiger charge is 2.48. The lowest BCUT2D eigenvalue weighted by Gasteiger charge is -2.42. The molecule has 0 bridgehead atoms. The number of hydrogen-bond donors (Lipinski definition) is 1. The van der Waals surface area contributed by atoms with Gasteiger partial charge in [0.25, 0.3) is 0 Å². The Morgan fingerprint density at radius 1 is 1.14 bits per heavy atom. The third-order valence-electron chi connectivity index (χ3n) is 5.88. The van der Waals surface area contributed by atoms with Gasteiger partial charge in [-0.25, -0.2) is 9.59 Å². The van der Waals surface area contributed by atoms with E-state index < -0.39 is 18.1 Å². The van der Waals surface area contributed by atoms with Crippen LogP contribution in [0.4, 0.5) is 10.5 Å². The Morgan fingerprint density at radius 3 is 2.61 bits per heavy atom. The third kappa shape index (κ3) is 2.97. The van der Waals surface area contributed by atoms with Crippen molar-refractivity contribution in [3.05, 3.63) is 76.9 Å². The van der Waals surface area contributed by atoms with Gasteiger partial charge >= 0.3 is 12.1 Å². The highest BCUT2D eigenvalue weighted by Crippen LogP contribution is 2.49. The molecule has 1 heterocycles. The van der Waals surface area contributed by atoms with E-state index in [-0.39, 0.29) is 18.4 Å². The minimum absolute atomic E-state index is 0.00794. The number of benzene rings is 2. The molecule has 144 valence electrons. The van der Waals surface area contributed by atoms with Crippen molar-refractivity contribution < 1.29 is 19.4 Å². The van der Waals surface area contributed by atoms with Gasteiger partial charge in [0.1, 0.15) is 12.6 Å². The molecule has 5 heteroatoms. The molecule has 0 unspecified atom stereocenters. The van der Waals surface area contributed by atoms with Crippen molar-refractivity contribution in [1.82, 2.24) is 0 Å². The number of aryl methyl sites for hydroxylation is 1. The number of carboxylic acid groups (broad SMARTS) is 1. The maximum Gasteiger partial charge on any atom is 0.415 e. The Kier molecular flexibility index (Phi) is 4.67. The van der Waals surface area contributed by atoms with Crippen LogP contribution in [0.25, 0.3) is 0 Å². The molecular weight excluding hydrogens is 354 g/mol. The van der Waals surface area contributed by atoms with E-state index in [1.807, 2.05) is 62.4 Å². The summed E-state index contributed by atoms with van der Waals surface area (Å²) in [4.78, 5) is 26.7. The Balaban J connectivity index is 1.75. The average Bonchev–Trinajstić information content (AvgIpc) is 3.17. The first-order valence-electron chi connectivity index (χ1n) is 9.48. The number of rotatable bonds is 3. The zero-order valence-electron chi connectivity index (χ0n) is 16.0. The molecule has 3 atom stereocenters. The number of carbonyl (C=O) groups excluding carboxylic acids is 1. The van der Waals surface area contributed by atoms with Crippen LogP contribution >= 0.6 is 0 Å². The second-order valence-corrected chi connectivity index (χ2v) is 7.49. The highest BCUT2D eigenvalue weighted by molar-refractivity contribution is 5.98. The zero-order valence-corrected chi connectivity index (χ0v) is 16.0. The van der Waals surface area contributed by atoms with Crippen molar-refractivity contribution in [2.24, 2.45) is 5.92 Å². The maximum absolute atomic E-state index is 13.1. The predicted octanol–water partition coefficient (Wildman–Crippen LogP) is 4.57. The number of anilines is 1. The van der Waals surface area contributed by atoms with E-state index >= 15 is 0 Å². The molecular formula is C23H23NO4. The van der Waals surface area contributed by atoms with Gasteiger partial charge in [-0.3, -0.25) is 4.90 Å². The van der Waals surface area contributed by atoms with E-state index in [1.54, 1.807) is 0 Å². The van der Waals surface area contributed by atoms with Crippen LogP contribution in [0.5, 0.6) is 0 Å². The second-order valence-electron chi connectivity index (χ2n) is 7.49. The predicted molar refractivity (Wildman–Crippen MR) is 106 cm³/mol. The fraction of sp³-hybridized carbons (Fsp3) is 0.304. The molecule has 2 aromatic rings. The van der Waals surface area contributed by atoms with Crippen LogP contribution in [0.1, 0.15) is 34.6 Å². The van der Waals surface area contributed by atoms with Gasteiger partial charge in [0.05, 0.1) is 5.69 Å². The van der Waals surface area contributed by atoms with Gasteiger partial charge in [0.2, 0.25) is 0 Å². The molecule has 0 saturated carbocycles. The van der Waals surface area contributed by atoms with E-state index in [2.05, 4.69) is 6.08 Å². The van der Waals surface area contributed by atoms with Crippen LogP contribution in [-0.4, -0.2) is 23.2 Å². The van der Waals surface area contributed by atoms with Crippen molar-refractivity contribution in [3.63, 3.8) is 0 Å². The first-order valence-corrected chi connectivity index (χ1v) is 9.48. The lowest BCUT2D eigenvalue weighted by Crippen LogP contribution is -2.53. The summed E-state index contributed by atoms with van der Waals surface area (Å²) >= 11 is 0. The van der Waals surface area contributed by atoms with Gasteiger partial charge in [0.15, 0.2) is 0 Å². The number of ether oxygens (including phenoxy) is 1. The molecule has 1 N–H and O–H groups in total. The van der Waals surface area contributed by atoms with Gasteiger partial charge in [-0.2, -0.15) is 0 Å². The fourth-order valence-electron chi connectivity index (χ4n) is 4.36. The molecule has 1 aliphatic carbocycles.